The summed E-state index contributed by atoms with van der Waals surface area (Å²) in [4.78, 5) is 33.0. The molecule has 1 aliphatic heterocycles. The Morgan fingerprint density at radius 3 is 2.63 bits per heavy atom. The molecule has 1 aliphatic rings. The number of benzene rings is 2. The van der Waals surface area contributed by atoms with Gasteiger partial charge in [0.1, 0.15) is 23.0 Å². The van der Waals surface area contributed by atoms with Crippen LogP contribution in [0.2, 0.25) is 0 Å². The summed E-state index contributed by atoms with van der Waals surface area (Å²) in [7, 11) is 1.54. The fourth-order valence-electron chi connectivity index (χ4n) is 4.59. The van der Waals surface area contributed by atoms with Crippen LogP contribution in [0, 0.1) is 5.21 Å². The number of furan rings is 1. The molecule has 1 unspecified atom stereocenters. The highest BCUT2D eigenvalue weighted by atomic mass is 32.2. The molecule has 0 fully saturated rings. The molecule has 3 heterocycles. The molecule has 2 aromatic heterocycles. The quantitative estimate of drug-likeness (QED) is 0.142. The van der Waals surface area contributed by atoms with Crippen molar-refractivity contribution in [3.05, 3.63) is 102 Å². The molecule has 0 spiro atoms. The molecule has 5 rings (SSSR count). The summed E-state index contributed by atoms with van der Waals surface area (Å²) in [5, 5.41) is 11.3. The predicted octanol–water partition coefficient (Wildman–Crippen LogP) is 2.66. The zero-order chi connectivity index (χ0) is 28.4. The molecule has 0 radical (unpaired) electrons. The number of nitrogens with zero attached hydrogens (tertiary/aromatic N) is 2. The summed E-state index contributed by atoms with van der Waals surface area (Å²) in [6.45, 7) is 3.71. The maximum atomic E-state index is 13.8. The number of carbonyl (C=O) groups is 1. The SMILES string of the molecule is CCOC(=O)C1=C(C)N=c2s/c(=C\c3ccc(-c4cc([NH2+][O-])ccc4OC)o3)c(=O)n2C1c1ccc(SC)cc1.O. The largest absolute Gasteiger partial charge is 0.630 e. The summed E-state index contributed by atoms with van der Waals surface area (Å²) in [5.74, 6) is 0.993. The molecule has 0 aliphatic carbocycles. The van der Waals surface area contributed by atoms with E-state index in [1.54, 1.807) is 73.7 Å². The van der Waals surface area contributed by atoms with Crippen molar-refractivity contribution in [2.45, 2.75) is 24.8 Å². The number of aromatic nitrogens is 1. The molecule has 4 N–H and O–H groups in total. The van der Waals surface area contributed by atoms with Gasteiger partial charge in [-0.2, -0.15) is 0 Å². The Hall–Kier alpha value is -3.94. The van der Waals surface area contributed by atoms with E-state index < -0.39 is 12.0 Å². The Labute approximate surface area is 243 Å². The van der Waals surface area contributed by atoms with Crippen molar-refractivity contribution >= 4 is 40.8 Å². The number of ether oxygens (including phenoxy) is 2. The highest BCUT2D eigenvalue weighted by molar-refractivity contribution is 7.98. The Balaban J connectivity index is 0.00000387. The average molecular weight is 596 g/mol. The fraction of sp³-hybridized carbons (Fsp3) is 0.207. The molecule has 4 aromatic rings. The molecular weight excluding hydrogens is 566 g/mol. The number of thioether (sulfide) groups is 1. The summed E-state index contributed by atoms with van der Waals surface area (Å²) in [5.41, 5.74) is 3.19. The van der Waals surface area contributed by atoms with Crippen molar-refractivity contribution in [3.63, 3.8) is 0 Å². The summed E-state index contributed by atoms with van der Waals surface area (Å²) in [6.07, 6.45) is 3.64. The van der Waals surface area contributed by atoms with Crippen molar-refractivity contribution in [1.82, 2.24) is 4.57 Å². The van der Waals surface area contributed by atoms with Crippen LogP contribution in [0.4, 0.5) is 5.69 Å². The van der Waals surface area contributed by atoms with Crippen LogP contribution in [0.1, 0.15) is 31.2 Å². The second kappa shape index (κ2) is 12.7. The number of rotatable bonds is 8. The number of thiazole rings is 1. The number of carbonyl (C=O) groups excluding carboxylic acids is 1. The maximum absolute atomic E-state index is 13.8. The van der Waals surface area contributed by atoms with E-state index in [2.05, 4.69) is 4.99 Å². The Bertz CT molecular complexity index is 1790. The monoisotopic (exact) mass is 595 g/mol. The molecule has 2 aromatic carbocycles. The van der Waals surface area contributed by atoms with E-state index in [0.29, 0.717) is 49.1 Å². The Morgan fingerprint density at radius 1 is 1.22 bits per heavy atom. The Kier molecular flexibility index (Phi) is 9.31. The number of esters is 1. The van der Waals surface area contributed by atoms with Crippen LogP contribution in [-0.2, 0) is 9.53 Å². The van der Waals surface area contributed by atoms with Gasteiger partial charge < -0.3 is 30.1 Å². The fourth-order valence-corrected chi connectivity index (χ4v) is 6.02. The van der Waals surface area contributed by atoms with Gasteiger partial charge in [0.25, 0.3) is 5.56 Å². The number of fused-ring (bicyclic) bond motifs is 1. The lowest BCUT2D eigenvalue weighted by molar-refractivity contribution is -0.497. The molecule has 12 heteroatoms. The molecule has 0 saturated carbocycles. The van der Waals surface area contributed by atoms with Crippen molar-refractivity contribution < 1.29 is 29.6 Å². The van der Waals surface area contributed by atoms with E-state index in [1.807, 2.05) is 30.5 Å². The molecular formula is C29H29N3O7S2. The van der Waals surface area contributed by atoms with Gasteiger partial charge in [0, 0.05) is 23.1 Å². The van der Waals surface area contributed by atoms with E-state index in [4.69, 9.17) is 13.9 Å². The third kappa shape index (κ3) is 5.78. The lowest BCUT2D eigenvalue weighted by Crippen LogP contribution is -2.70. The number of hydrogen-bond donors (Lipinski definition) is 1. The first-order valence-corrected chi connectivity index (χ1v) is 14.5. The van der Waals surface area contributed by atoms with Crippen LogP contribution < -0.4 is 25.1 Å². The van der Waals surface area contributed by atoms with Crippen molar-refractivity contribution in [1.29, 1.82) is 0 Å². The number of quaternary nitrogens is 1. The zero-order valence-electron chi connectivity index (χ0n) is 22.8. The van der Waals surface area contributed by atoms with Crippen LogP contribution in [0.25, 0.3) is 17.4 Å². The molecule has 0 bridgehead atoms. The summed E-state index contributed by atoms with van der Waals surface area (Å²) >= 11 is 2.83. The minimum absolute atomic E-state index is 0. The van der Waals surface area contributed by atoms with Gasteiger partial charge in [-0.1, -0.05) is 23.5 Å². The van der Waals surface area contributed by atoms with Crippen LogP contribution in [0.15, 0.2) is 85.0 Å². The second-order valence-corrected chi connectivity index (χ2v) is 10.7. The maximum Gasteiger partial charge on any atom is 0.338 e. The second-order valence-electron chi connectivity index (χ2n) is 8.86. The first-order valence-electron chi connectivity index (χ1n) is 12.5. The first-order chi connectivity index (χ1) is 19.4. The minimum Gasteiger partial charge on any atom is -0.630 e. The van der Waals surface area contributed by atoms with Gasteiger partial charge in [-0.25, -0.2) is 9.79 Å². The van der Waals surface area contributed by atoms with Crippen LogP contribution >= 0.6 is 23.1 Å². The average Bonchev–Trinajstić information content (AvgIpc) is 3.56. The van der Waals surface area contributed by atoms with Gasteiger partial charge >= 0.3 is 5.97 Å². The molecule has 41 heavy (non-hydrogen) atoms. The number of nitrogens with two attached hydrogens (primary N) is 1. The minimum atomic E-state index is -0.684. The Morgan fingerprint density at radius 2 is 1.98 bits per heavy atom. The number of methoxy groups -OCH3 is 1. The highest BCUT2D eigenvalue weighted by Gasteiger charge is 2.33. The summed E-state index contributed by atoms with van der Waals surface area (Å²) < 4.78 is 18.8. The number of hydrogen-bond acceptors (Lipinski definition) is 9. The lowest BCUT2D eigenvalue weighted by Gasteiger charge is -2.24. The van der Waals surface area contributed by atoms with Crippen LogP contribution in [0.5, 0.6) is 5.75 Å². The first kappa shape index (κ1) is 30.0. The molecule has 1 atom stereocenters. The smallest absolute Gasteiger partial charge is 0.338 e. The molecule has 0 amide bonds. The van der Waals surface area contributed by atoms with Crippen LogP contribution in [0.3, 0.4) is 0 Å². The number of allylic oxidation sites excluding steroid dienone is 1. The van der Waals surface area contributed by atoms with E-state index in [-0.39, 0.29) is 17.6 Å². The standard InChI is InChI=1S/C29H27N3O6S2.H2O/c1-5-37-28(34)25-16(2)30-29-32(26(25)17-6-10-20(39-4)11-7-17)27(33)24(40-29)15-19-9-13-23(38-19)21-14-18(31-35)8-12-22(21)36-3;/h6-15,26H,5,31H2,1-4H3;1H2/b24-15-;. The normalized spacial score (nSPS) is 14.8. The van der Waals surface area contributed by atoms with E-state index in [9.17, 15) is 14.8 Å². The van der Waals surface area contributed by atoms with E-state index >= 15 is 0 Å². The molecule has 10 nitrogen and oxygen atoms in total. The van der Waals surface area contributed by atoms with E-state index in [0.717, 1.165) is 15.9 Å². The van der Waals surface area contributed by atoms with Crippen molar-refractivity contribution in [2.24, 2.45) is 4.99 Å². The van der Waals surface area contributed by atoms with Crippen LogP contribution in [-0.4, -0.2) is 36.0 Å². The van der Waals surface area contributed by atoms with Gasteiger partial charge in [-0.3, -0.25) is 9.36 Å². The molecule has 0 saturated heterocycles. The van der Waals surface area contributed by atoms with Gasteiger partial charge in [-0.15, -0.1) is 11.8 Å². The van der Waals surface area contributed by atoms with Gasteiger partial charge in [0.15, 0.2) is 4.80 Å². The van der Waals surface area contributed by atoms with Crippen molar-refractivity contribution in [3.8, 4) is 17.1 Å². The van der Waals surface area contributed by atoms with E-state index in [1.165, 1.54) is 11.3 Å². The van der Waals surface area contributed by atoms with Gasteiger partial charge in [-0.05, 0) is 56.0 Å². The third-order valence-corrected chi connectivity index (χ3v) is 8.20. The van der Waals surface area contributed by atoms with Gasteiger partial charge in [0.2, 0.25) is 0 Å². The molecule has 214 valence electrons. The zero-order valence-corrected chi connectivity index (χ0v) is 24.4. The van der Waals surface area contributed by atoms with Crippen molar-refractivity contribution in [2.75, 3.05) is 20.0 Å². The summed E-state index contributed by atoms with van der Waals surface area (Å²) in [6, 6.07) is 15.6. The predicted molar refractivity (Wildman–Crippen MR) is 158 cm³/mol. The van der Waals surface area contributed by atoms with Gasteiger partial charge in [0.05, 0.1) is 41.1 Å². The highest BCUT2D eigenvalue weighted by Crippen LogP contribution is 2.34. The topological polar surface area (TPSA) is 154 Å². The third-order valence-electron chi connectivity index (χ3n) is 6.47. The lowest BCUT2D eigenvalue weighted by atomic mass is 9.96.